The summed E-state index contributed by atoms with van der Waals surface area (Å²) in [6, 6.07) is 20.7. The fraction of sp³-hybridized carbons (Fsp3) is 0.263. The van der Waals surface area contributed by atoms with Gasteiger partial charge in [-0.25, -0.2) is 0 Å². The van der Waals surface area contributed by atoms with E-state index in [1.165, 1.54) is 12.2 Å². The van der Waals surface area contributed by atoms with Crippen LogP contribution in [0.3, 0.4) is 0 Å². The Labute approximate surface area is 283 Å². The van der Waals surface area contributed by atoms with Gasteiger partial charge in [0.05, 0.1) is 0 Å². The number of benzene rings is 3. The third kappa shape index (κ3) is 9.68. The first kappa shape index (κ1) is 36.8. The maximum absolute atomic E-state index is 13.0. The zero-order valence-electron chi connectivity index (χ0n) is 28.5. The Kier molecular flexibility index (Phi) is 14.2. The largest absolute Gasteiger partial charge is 0.322 e. The van der Waals surface area contributed by atoms with Crippen molar-refractivity contribution < 1.29 is 19.2 Å². The number of rotatable bonds is 12. The third-order valence-electron chi connectivity index (χ3n) is 7.12. The molecule has 0 unspecified atom stereocenters. The van der Waals surface area contributed by atoms with E-state index in [0.717, 1.165) is 11.1 Å². The minimum absolute atomic E-state index is 0.149. The van der Waals surface area contributed by atoms with Gasteiger partial charge in [0.2, 0.25) is 0 Å². The van der Waals surface area contributed by atoms with Gasteiger partial charge in [-0.05, 0) is 126 Å². The van der Waals surface area contributed by atoms with Crippen molar-refractivity contribution in [2.24, 2.45) is 9.98 Å². The highest BCUT2D eigenvalue weighted by molar-refractivity contribution is 6.12. The quantitative estimate of drug-likeness (QED) is 0.131. The van der Waals surface area contributed by atoms with Crippen molar-refractivity contribution in [3.05, 3.63) is 119 Å². The van der Waals surface area contributed by atoms with E-state index >= 15 is 0 Å². The molecule has 3 aromatic rings. The van der Waals surface area contributed by atoms with Crippen molar-refractivity contribution in [3.63, 3.8) is 0 Å². The minimum atomic E-state index is -0.329. The van der Waals surface area contributed by atoms with Crippen LogP contribution in [0.5, 0.6) is 0 Å². The molecule has 0 radical (unpaired) electrons. The Bertz CT molecular complexity index is 1560. The molecule has 0 aliphatic carbocycles. The first-order chi connectivity index (χ1) is 23.2. The Morgan fingerprint density at radius 2 is 0.854 bits per heavy atom. The van der Waals surface area contributed by atoms with Crippen LogP contribution in [0.15, 0.2) is 107 Å². The lowest BCUT2D eigenvalue weighted by molar-refractivity contribution is -0.123. The summed E-state index contributed by atoms with van der Waals surface area (Å²) in [5.41, 5.74) is 3.45. The average molecular weight is 649 g/mol. The molecule has 10 nitrogen and oxygen atoms in total. The van der Waals surface area contributed by atoms with E-state index in [-0.39, 0.29) is 23.6 Å². The number of carbonyl (C=O) groups excluding carboxylic acids is 4. The van der Waals surface area contributed by atoms with Crippen molar-refractivity contribution >= 4 is 46.7 Å². The molecule has 250 valence electrons. The molecule has 10 heteroatoms. The fourth-order valence-corrected chi connectivity index (χ4v) is 4.83. The Morgan fingerprint density at radius 1 is 0.542 bits per heavy atom. The molecular formula is C38H44N6O4. The van der Waals surface area contributed by atoms with Gasteiger partial charge in [0.1, 0.15) is 11.7 Å². The Morgan fingerprint density at radius 3 is 1.12 bits per heavy atom. The van der Waals surface area contributed by atoms with Gasteiger partial charge in [-0.2, -0.15) is 0 Å². The zero-order chi connectivity index (χ0) is 35.1. The van der Waals surface area contributed by atoms with Crippen molar-refractivity contribution in [1.29, 1.82) is 0 Å². The number of hydrogen-bond acceptors (Lipinski definition) is 6. The summed E-state index contributed by atoms with van der Waals surface area (Å²) in [4.78, 5) is 63.4. The molecule has 0 heterocycles. The molecule has 2 N–H and O–H groups in total. The lowest BCUT2D eigenvalue weighted by Gasteiger charge is -2.22. The summed E-state index contributed by atoms with van der Waals surface area (Å²) in [5.74, 6) is 0.184. The molecule has 0 aliphatic rings. The number of carbonyl (C=O) groups is 4. The average Bonchev–Trinajstić information content (AvgIpc) is 3.09. The van der Waals surface area contributed by atoms with Gasteiger partial charge >= 0.3 is 0 Å². The molecular weight excluding hydrogens is 604 g/mol. The number of anilines is 2. The first-order valence-electron chi connectivity index (χ1n) is 16.1. The van der Waals surface area contributed by atoms with Crippen LogP contribution >= 0.6 is 0 Å². The summed E-state index contributed by atoms with van der Waals surface area (Å²) >= 11 is 0. The number of aliphatic imine (C=N–C) groups is 2. The van der Waals surface area contributed by atoms with Crippen LogP contribution in [-0.4, -0.2) is 71.3 Å². The number of allylic oxidation sites excluding steroid dienone is 2. The number of amides is 4. The van der Waals surface area contributed by atoms with Crippen LogP contribution in [0.25, 0.3) is 0 Å². The number of likely N-dealkylation sites (N-methyl/N-ethyl adjacent to an activating group) is 2. The molecule has 3 rings (SSSR count). The molecule has 0 aromatic heterocycles. The highest BCUT2D eigenvalue weighted by atomic mass is 16.2. The minimum Gasteiger partial charge on any atom is -0.322 e. The van der Waals surface area contributed by atoms with Gasteiger partial charge in [0, 0.05) is 59.8 Å². The zero-order valence-corrected chi connectivity index (χ0v) is 28.5. The topological polar surface area (TPSA) is 124 Å². The second-order valence-electron chi connectivity index (χ2n) is 10.4. The maximum Gasteiger partial charge on any atom is 0.255 e. The number of nitrogens with one attached hydrogen (secondary N) is 2. The second kappa shape index (κ2) is 18.5. The van der Waals surface area contributed by atoms with Crippen molar-refractivity contribution in [3.8, 4) is 0 Å². The summed E-state index contributed by atoms with van der Waals surface area (Å²) < 4.78 is 0. The van der Waals surface area contributed by atoms with Gasteiger partial charge in [-0.3, -0.25) is 39.0 Å². The third-order valence-corrected chi connectivity index (χ3v) is 7.12. The first-order valence-corrected chi connectivity index (χ1v) is 16.1. The van der Waals surface area contributed by atoms with Gasteiger partial charge < -0.3 is 10.6 Å². The molecule has 4 amide bonds. The summed E-state index contributed by atoms with van der Waals surface area (Å²) in [7, 11) is 0. The van der Waals surface area contributed by atoms with Crippen LogP contribution in [-0.2, 0) is 9.59 Å². The van der Waals surface area contributed by atoms with Gasteiger partial charge in [0.25, 0.3) is 23.6 Å². The summed E-state index contributed by atoms with van der Waals surface area (Å²) in [6.45, 7) is 13.2. The molecule has 0 saturated heterocycles. The fourth-order valence-electron chi connectivity index (χ4n) is 4.83. The number of hydrogen-bond donors (Lipinski definition) is 2. The summed E-state index contributed by atoms with van der Waals surface area (Å²) in [5, 5.41) is 5.74. The standard InChI is InChI=1S/C38H44N6O4/c1-7-13-33(45)43(11-5)35(39-9-3)27-19-23-31(24-20-27)41-37(47)29-15-17-30(18-16-29)38(48)42-32-25-21-28(22-26-32)36(40-10-4)44(12-6)34(46)14-8-2/h7-8,13-26H,9-12H2,1-6H3,(H,41,47)(H,42,48)/b13-7-,14-8+,39-35?,40-36?. The SMILES string of the molecule is C/C=C\C(=O)N(CC)C(=NCC)c1ccc(NC(=O)c2ccc(C(=O)Nc3ccc(C(=NCC)N(CC)C(=O)/C=C/C)cc3)cc2)cc1. The van der Waals surface area contributed by atoms with Crippen molar-refractivity contribution in [2.75, 3.05) is 36.8 Å². The molecule has 48 heavy (non-hydrogen) atoms. The van der Waals surface area contributed by atoms with E-state index in [4.69, 9.17) is 0 Å². The molecule has 0 bridgehead atoms. The van der Waals surface area contributed by atoms with Crippen LogP contribution in [0.1, 0.15) is 73.4 Å². The lowest BCUT2D eigenvalue weighted by atomic mass is 10.1. The van der Waals surface area contributed by atoms with Crippen molar-refractivity contribution in [1.82, 2.24) is 9.80 Å². The van der Waals surface area contributed by atoms with Gasteiger partial charge in [-0.15, -0.1) is 0 Å². The Balaban J connectivity index is 1.67. The van der Waals surface area contributed by atoms with Crippen LogP contribution in [0.2, 0.25) is 0 Å². The molecule has 0 aliphatic heterocycles. The van der Waals surface area contributed by atoms with E-state index in [1.54, 1.807) is 84.3 Å². The molecule has 0 saturated carbocycles. The molecule has 0 fully saturated rings. The van der Waals surface area contributed by atoms with Gasteiger partial charge in [0.15, 0.2) is 0 Å². The predicted octanol–water partition coefficient (Wildman–Crippen LogP) is 6.57. The molecule has 0 atom stereocenters. The second-order valence-corrected chi connectivity index (χ2v) is 10.4. The van der Waals surface area contributed by atoms with E-state index in [9.17, 15) is 19.2 Å². The van der Waals surface area contributed by atoms with E-state index < -0.39 is 0 Å². The predicted molar refractivity (Wildman–Crippen MR) is 194 cm³/mol. The monoisotopic (exact) mass is 648 g/mol. The highest BCUT2D eigenvalue weighted by Gasteiger charge is 2.19. The normalized spacial score (nSPS) is 11.9. The molecule has 0 spiro atoms. The van der Waals surface area contributed by atoms with Crippen molar-refractivity contribution in [2.45, 2.75) is 41.5 Å². The Hall–Kier alpha value is -5.64. The van der Waals surface area contributed by atoms with Gasteiger partial charge in [-0.1, -0.05) is 12.2 Å². The highest BCUT2D eigenvalue weighted by Crippen LogP contribution is 2.17. The van der Waals surface area contributed by atoms with E-state index in [1.807, 2.05) is 52.0 Å². The van der Waals surface area contributed by atoms with Crippen LogP contribution in [0.4, 0.5) is 11.4 Å². The lowest BCUT2D eigenvalue weighted by Crippen LogP contribution is -2.36. The number of nitrogens with zero attached hydrogens (tertiary/aromatic N) is 4. The summed E-state index contributed by atoms with van der Waals surface area (Å²) in [6.07, 6.45) is 6.41. The maximum atomic E-state index is 13.0. The van der Waals surface area contributed by atoms with E-state index in [2.05, 4.69) is 20.6 Å². The van der Waals surface area contributed by atoms with Crippen LogP contribution < -0.4 is 10.6 Å². The van der Waals surface area contributed by atoms with Crippen LogP contribution in [0, 0.1) is 0 Å². The smallest absolute Gasteiger partial charge is 0.255 e. The molecule has 3 aromatic carbocycles. The number of amidine groups is 2. The van der Waals surface area contributed by atoms with E-state index in [0.29, 0.717) is 60.4 Å².